The zero-order valence-corrected chi connectivity index (χ0v) is 19.9. The van der Waals surface area contributed by atoms with Gasteiger partial charge < -0.3 is 19.5 Å². The summed E-state index contributed by atoms with van der Waals surface area (Å²) in [4.78, 5) is 42.4. The lowest BCUT2D eigenvalue weighted by Gasteiger charge is -2.20. The Morgan fingerprint density at radius 3 is 2.15 bits per heavy atom. The molecule has 0 aromatic heterocycles. The maximum absolute atomic E-state index is 13.4. The van der Waals surface area contributed by atoms with Crippen LogP contribution in [0.3, 0.4) is 0 Å². The van der Waals surface area contributed by atoms with Crippen LogP contribution in [0.5, 0.6) is 23.0 Å². The first-order valence-electron chi connectivity index (χ1n) is 10.4. The molecule has 0 amide bonds. The first-order valence-corrected chi connectivity index (χ1v) is 11.8. The lowest BCUT2D eigenvalue weighted by molar-refractivity contribution is -0.111. The van der Waals surface area contributed by atoms with Crippen LogP contribution in [0.25, 0.3) is 26.6 Å². The van der Waals surface area contributed by atoms with Gasteiger partial charge in [0.1, 0.15) is 4.90 Å². The Hall–Kier alpha value is -5.82. The van der Waals surface area contributed by atoms with E-state index >= 15 is 0 Å². The summed E-state index contributed by atoms with van der Waals surface area (Å²) in [6, 6.07) is 10.0. The van der Waals surface area contributed by atoms with Gasteiger partial charge in [-0.15, -0.1) is 0 Å². The van der Waals surface area contributed by atoms with Crippen LogP contribution in [0.1, 0.15) is 31.8 Å². The minimum Gasteiger partial charge on any atom is -0.504 e. The van der Waals surface area contributed by atoms with Crippen LogP contribution in [-0.2, 0) is 14.9 Å². The summed E-state index contributed by atoms with van der Waals surface area (Å²) in [7, 11) is -4.97. The predicted octanol–water partition coefficient (Wildman–Crippen LogP) is 3.86. The van der Waals surface area contributed by atoms with E-state index < -0.39 is 89.0 Å². The highest BCUT2D eigenvalue weighted by atomic mass is 32.2. The number of fused-ring (bicyclic) bond motifs is 1. The van der Waals surface area contributed by atoms with Crippen molar-refractivity contribution in [1.82, 2.24) is 0 Å². The summed E-state index contributed by atoms with van der Waals surface area (Å²) in [5.41, 5.74) is 14.2. The second-order valence-corrected chi connectivity index (χ2v) is 9.12. The third kappa shape index (κ3) is 4.45. The van der Waals surface area contributed by atoms with Gasteiger partial charge in [0.05, 0.1) is 22.5 Å². The summed E-state index contributed by atoms with van der Waals surface area (Å²) in [6.45, 7) is 0. The quantitative estimate of drug-likeness (QED) is 0.0735. The smallest absolute Gasteiger partial charge is 0.339 e. The maximum Gasteiger partial charge on any atom is 0.339 e. The van der Waals surface area contributed by atoms with Crippen molar-refractivity contribution in [2.24, 2.45) is 10.2 Å². The van der Waals surface area contributed by atoms with Crippen molar-refractivity contribution in [3.63, 3.8) is 0 Å². The van der Waals surface area contributed by atoms with Crippen LogP contribution < -0.4 is 4.18 Å². The van der Waals surface area contributed by atoms with Crippen molar-refractivity contribution < 1.29 is 42.3 Å². The summed E-state index contributed by atoms with van der Waals surface area (Å²) >= 11 is 0. The molecule has 39 heavy (non-hydrogen) atoms. The Balaban J connectivity index is 1.88. The fourth-order valence-electron chi connectivity index (χ4n) is 3.70. The molecule has 0 atom stereocenters. The molecule has 0 saturated carbocycles. The molecular weight excluding hydrogens is 536 g/mol. The third-order valence-electron chi connectivity index (χ3n) is 5.42. The molecule has 0 radical (unpaired) electrons. The summed E-state index contributed by atoms with van der Waals surface area (Å²) in [6.07, 6.45) is 0. The number of ketones is 3. The first kappa shape index (κ1) is 26.2. The van der Waals surface area contributed by atoms with Crippen molar-refractivity contribution >= 4 is 33.2 Å². The van der Waals surface area contributed by atoms with E-state index in [4.69, 9.17) is 15.2 Å². The van der Waals surface area contributed by atoms with E-state index in [-0.39, 0.29) is 0 Å². The minimum atomic E-state index is -4.97. The maximum atomic E-state index is 13.4. The molecular formula is C23H12N6O9S. The lowest BCUT2D eigenvalue weighted by atomic mass is 9.91. The summed E-state index contributed by atoms with van der Waals surface area (Å²) in [5.74, 6) is -6.75. The number of para-hydroxylation sites is 1. The second kappa shape index (κ2) is 9.91. The number of aromatic hydroxyl groups is 3. The molecule has 3 aromatic rings. The van der Waals surface area contributed by atoms with Crippen molar-refractivity contribution in [2.75, 3.05) is 0 Å². The molecule has 0 unspecified atom stereocenters. The first-order chi connectivity index (χ1) is 18.5. The van der Waals surface area contributed by atoms with Crippen LogP contribution >= 0.6 is 0 Å². The zero-order chi connectivity index (χ0) is 28.5. The van der Waals surface area contributed by atoms with Crippen molar-refractivity contribution in [3.8, 4) is 23.0 Å². The molecule has 194 valence electrons. The molecule has 1 aliphatic rings. The van der Waals surface area contributed by atoms with Crippen LogP contribution in [-0.4, -0.2) is 41.1 Å². The molecule has 4 rings (SSSR count). The Bertz CT molecular complexity index is 1850. The van der Waals surface area contributed by atoms with Crippen molar-refractivity contribution in [2.45, 2.75) is 4.90 Å². The van der Waals surface area contributed by atoms with E-state index in [1.54, 1.807) is 0 Å². The molecule has 16 heteroatoms. The molecule has 0 heterocycles. The summed E-state index contributed by atoms with van der Waals surface area (Å²) < 4.78 is 32.1. The Labute approximate surface area is 217 Å². The molecule has 0 fully saturated rings. The zero-order valence-electron chi connectivity index (χ0n) is 19.1. The van der Waals surface area contributed by atoms with E-state index in [2.05, 4.69) is 20.1 Å². The van der Waals surface area contributed by atoms with Crippen molar-refractivity contribution in [1.29, 1.82) is 0 Å². The van der Waals surface area contributed by atoms with Gasteiger partial charge in [0.2, 0.25) is 23.1 Å². The number of hydrogen-bond donors (Lipinski definition) is 3. The van der Waals surface area contributed by atoms with Gasteiger partial charge in [-0.3, -0.25) is 14.4 Å². The number of phenolic OH excluding ortho intramolecular Hbond substituents is 3. The third-order valence-corrected chi connectivity index (χ3v) is 6.70. The normalized spacial score (nSPS) is 12.7. The second-order valence-electron chi connectivity index (χ2n) is 7.61. The molecule has 1 aliphatic carbocycles. The Kier molecular flexibility index (Phi) is 6.67. The standard InChI is InChI=1S/C23H12N6O9S/c24-28-26-17-16-11(20(32)23(35)18(17)27-29-25)5-3-7-15(16)39(36,37)38-14-6-2-1-4-10(14)19(31)12-8-9-13(30)22(34)21(12)33/h1-9,30,33-34H. The van der Waals surface area contributed by atoms with E-state index in [0.717, 1.165) is 42.5 Å². The fraction of sp³-hybridized carbons (Fsp3) is 0. The Morgan fingerprint density at radius 2 is 1.46 bits per heavy atom. The van der Waals surface area contributed by atoms with Crippen molar-refractivity contribution in [3.05, 3.63) is 103 Å². The molecule has 0 bridgehead atoms. The predicted molar refractivity (Wildman–Crippen MR) is 130 cm³/mol. The van der Waals surface area contributed by atoms with Gasteiger partial charge in [0.25, 0.3) is 0 Å². The minimum absolute atomic E-state index is 0.391. The van der Waals surface area contributed by atoms with Gasteiger partial charge in [-0.25, -0.2) is 0 Å². The number of benzene rings is 3. The van der Waals surface area contributed by atoms with Gasteiger partial charge in [-0.05, 0) is 41.4 Å². The van der Waals surface area contributed by atoms with Crippen LogP contribution in [0.4, 0.5) is 0 Å². The number of rotatable bonds is 7. The number of phenols is 3. The Morgan fingerprint density at radius 1 is 0.795 bits per heavy atom. The van der Waals surface area contributed by atoms with Crippen LogP contribution in [0.15, 0.2) is 75.4 Å². The molecule has 3 aromatic carbocycles. The van der Waals surface area contributed by atoms with Crippen LogP contribution in [0, 0.1) is 0 Å². The number of nitrogens with zero attached hydrogens (tertiary/aromatic N) is 6. The highest BCUT2D eigenvalue weighted by Gasteiger charge is 2.37. The topological polar surface area (TPSA) is 253 Å². The highest BCUT2D eigenvalue weighted by molar-refractivity contribution is 7.87. The molecule has 0 aliphatic heterocycles. The van der Waals surface area contributed by atoms with Gasteiger partial charge in [0.15, 0.2) is 17.2 Å². The van der Waals surface area contributed by atoms with Gasteiger partial charge >= 0.3 is 10.1 Å². The van der Waals surface area contributed by atoms with Gasteiger partial charge in [-0.2, -0.15) is 8.42 Å². The fourth-order valence-corrected chi connectivity index (χ4v) is 4.87. The monoisotopic (exact) mass is 548 g/mol. The average molecular weight is 548 g/mol. The van der Waals surface area contributed by atoms with E-state index in [9.17, 15) is 38.1 Å². The highest BCUT2D eigenvalue weighted by Crippen LogP contribution is 2.40. The number of carbonyl (C=O) groups excluding carboxylic acids is 3. The molecule has 0 spiro atoms. The molecule has 0 saturated heterocycles. The number of carbonyl (C=O) groups is 3. The van der Waals surface area contributed by atoms with Gasteiger partial charge in [0, 0.05) is 21.0 Å². The molecule has 15 nitrogen and oxygen atoms in total. The summed E-state index contributed by atoms with van der Waals surface area (Å²) in [5, 5.41) is 35.8. The van der Waals surface area contributed by atoms with Crippen LogP contribution in [0.2, 0.25) is 0 Å². The largest absolute Gasteiger partial charge is 0.504 e. The lowest BCUT2D eigenvalue weighted by Crippen LogP contribution is -2.25. The molecule has 3 N–H and O–H groups in total. The van der Waals surface area contributed by atoms with E-state index in [1.165, 1.54) is 12.1 Å². The van der Waals surface area contributed by atoms with E-state index in [1.807, 2.05) is 0 Å². The SMILES string of the molecule is [N-]=[N+]=NC1=C(N=[N+]=[N-])c2c(cccc2S(=O)(=O)Oc2ccccc2C(=O)c2ccc(O)c(O)c2O)C(=O)C1=O. The average Bonchev–Trinajstić information content (AvgIpc) is 2.91. The van der Waals surface area contributed by atoms with Gasteiger partial charge in [-0.1, -0.05) is 34.5 Å². The van der Waals surface area contributed by atoms with E-state index in [0.29, 0.717) is 0 Å². The number of azide groups is 2. The number of allylic oxidation sites excluding steroid dienone is 1. The number of hydrogen-bond acceptors (Lipinski definition) is 11. The number of Topliss-reactive ketones (excluding diaryl/α,β-unsaturated/α-hetero) is 2.